The summed E-state index contributed by atoms with van der Waals surface area (Å²) in [6, 6.07) is 6.54. The SMILES string of the molecule is CCC(C)CSc1ccc([C@H](C)N)c(Br)c1. The van der Waals surface area contributed by atoms with E-state index in [4.69, 9.17) is 5.73 Å². The molecule has 1 unspecified atom stereocenters. The molecule has 0 aliphatic rings. The molecule has 0 saturated carbocycles. The van der Waals surface area contributed by atoms with Crippen LogP contribution in [0.25, 0.3) is 0 Å². The fraction of sp³-hybridized carbons (Fsp3) is 0.538. The van der Waals surface area contributed by atoms with Crippen molar-refractivity contribution in [2.24, 2.45) is 11.7 Å². The molecule has 0 saturated heterocycles. The van der Waals surface area contributed by atoms with Crippen molar-refractivity contribution in [2.75, 3.05) is 5.75 Å². The molecule has 16 heavy (non-hydrogen) atoms. The van der Waals surface area contributed by atoms with Crippen molar-refractivity contribution in [3.8, 4) is 0 Å². The highest BCUT2D eigenvalue weighted by Gasteiger charge is 2.06. The average Bonchev–Trinajstić information content (AvgIpc) is 2.25. The first kappa shape index (κ1) is 14.1. The molecule has 90 valence electrons. The molecule has 0 aliphatic heterocycles. The minimum Gasteiger partial charge on any atom is -0.324 e. The minimum absolute atomic E-state index is 0.0861. The largest absolute Gasteiger partial charge is 0.324 e. The van der Waals surface area contributed by atoms with Crippen molar-refractivity contribution >= 4 is 27.7 Å². The summed E-state index contributed by atoms with van der Waals surface area (Å²) in [5.74, 6) is 1.96. The summed E-state index contributed by atoms with van der Waals surface area (Å²) >= 11 is 5.50. The maximum atomic E-state index is 5.87. The molecule has 3 heteroatoms. The lowest BCUT2D eigenvalue weighted by Crippen LogP contribution is -2.05. The molecule has 1 nitrogen and oxygen atoms in total. The van der Waals surface area contributed by atoms with Crippen LogP contribution in [-0.4, -0.2) is 5.75 Å². The molecule has 0 aromatic heterocycles. The highest BCUT2D eigenvalue weighted by atomic mass is 79.9. The third kappa shape index (κ3) is 4.11. The van der Waals surface area contributed by atoms with Crippen LogP contribution in [0.5, 0.6) is 0 Å². The van der Waals surface area contributed by atoms with Crippen molar-refractivity contribution in [2.45, 2.75) is 38.1 Å². The normalized spacial score (nSPS) is 14.8. The van der Waals surface area contributed by atoms with Crippen molar-refractivity contribution in [3.05, 3.63) is 28.2 Å². The first-order valence-electron chi connectivity index (χ1n) is 5.72. The predicted molar refractivity (Wildman–Crippen MR) is 76.9 cm³/mol. The van der Waals surface area contributed by atoms with E-state index >= 15 is 0 Å². The Kier molecular flexibility index (Phi) is 5.87. The number of nitrogens with two attached hydrogens (primary N) is 1. The van der Waals surface area contributed by atoms with E-state index in [0.29, 0.717) is 0 Å². The van der Waals surface area contributed by atoms with E-state index in [2.05, 4.69) is 48.0 Å². The van der Waals surface area contributed by atoms with Gasteiger partial charge in [-0.25, -0.2) is 0 Å². The van der Waals surface area contributed by atoms with Gasteiger partial charge in [0.25, 0.3) is 0 Å². The molecule has 0 radical (unpaired) electrons. The summed E-state index contributed by atoms with van der Waals surface area (Å²) < 4.78 is 1.12. The molecule has 1 rings (SSSR count). The molecule has 2 N–H and O–H groups in total. The maximum absolute atomic E-state index is 5.87. The second kappa shape index (κ2) is 6.67. The minimum atomic E-state index is 0.0861. The summed E-state index contributed by atoms with van der Waals surface area (Å²) in [7, 11) is 0. The quantitative estimate of drug-likeness (QED) is 0.804. The molecule has 0 fully saturated rings. The van der Waals surface area contributed by atoms with Gasteiger partial charge in [-0.05, 0) is 30.5 Å². The summed E-state index contributed by atoms with van der Waals surface area (Å²) in [5, 5.41) is 0. The standard InChI is InChI=1S/C13H20BrNS/c1-4-9(2)8-16-11-5-6-12(10(3)15)13(14)7-11/h5-7,9-10H,4,8,15H2,1-3H3/t9?,10-/m0/s1. The molecule has 0 bridgehead atoms. The molecule has 0 aliphatic carbocycles. The van der Waals surface area contributed by atoms with E-state index in [0.717, 1.165) is 10.4 Å². The molecular weight excluding hydrogens is 282 g/mol. The third-order valence-corrected chi connectivity index (χ3v) is 4.70. The molecular formula is C13H20BrNS. The Labute approximate surface area is 111 Å². The Morgan fingerprint density at radius 3 is 2.56 bits per heavy atom. The van der Waals surface area contributed by atoms with Gasteiger partial charge in [0.2, 0.25) is 0 Å². The Morgan fingerprint density at radius 1 is 1.38 bits per heavy atom. The summed E-state index contributed by atoms with van der Waals surface area (Å²) in [5.41, 5.74) is 7.05. The lowest BCUT2D eigenvalue weighted by molar-refractivity contribution is 0.637. The lowest BCUT2D eigenvalue weighted by Gasteiger charge is -2.11. The molecule has 1 aromatic rings. The predicted octanol–water partition coefficient (Wildman–Crippen LogP) is 4.61. The van der Waals surface area contributed by atoms with E-state index in [1.165, 1.54) is 22.6 Å². The van der Waals surface area contributed by atoms with Crippen LogP contribution in [0.4, 0.5) is 0 Å². The molecule has 0 amide bonds. The topological polar surface area (TPSA) is 26.0 Å². The third-order valence-electron chi connectivity index (χ3n) is 2.69. The van der Waals surface area contributed by atoms with Crippen molar-refractivity contribution in [3.63, 3.8) is 0 Å². The van der Waals surface area contributed by atoms with Crippen LogP contribution in [0.3, 0.4) is 0 Å². The van der Waals surface area contributed by atoms with Gasteiger partial charge in [-0.15, -0.1) is 11.8 Å². The van der Waals surface area contributed by atoms with Gasteiger partial charge < -0.3 is 5.73 Å². The summed E-state index contributed by atoms with van der Waals surface area (Å²) in [4.78, 5) is 1.32. The average molecular weight is 302 g/mol. The first-order valence-corrected chi connectivity index (χ1v) is 7.50. The van der Waals surface area contributed by atoms with Crippen LogP contribution in [0.1, 0.15) is 38.8 Å². The first-order chi connectivity index (χ1) is 7.54. The molecule has 0 spiro atoms. The van der Waals surface area contributed by atoms with Crippen LogP contribution >= 0.6 is 27.7 Å². The Bertz CT molecular complexity index is 339. The zero-order valence-corrected chi connectivity index (χ0v) is 12.6. The number of halogens is 1. The highest BCUT2D eigenvalue weighted by molar-refractivity contribution is 9.10. The zero-order chi connectivity index (χ0) is 12.1. The van der Waals surface area contributed by atoms with E-state index in [9.17, 15) is 0 Å². The number of benzene rings is 1. The van der Waals surface area contributed by atoms with Gasteiger partial charge in [0.05, 0.1) is 0 Å². The van der Waals surface area contributed by atoms with Crippen LogP contribution in [-0.2, 0) is 0 Å². The second-order valence-electron chi connectivity index (χ2n) is 4.30. The van der Waals surface area contributed by atoms with Gasteiger partial charge in [0.15, 0.2) is 0 Å². The van der Waals surface area contributed by atoms with Gasteiger partial charge in [-0.2, -0.15) is 0 Å². The fourth-order valence-electron chi connectivity index (χ4n) is 1.32. The van der Waals surface area contributed by atoms with Crippen LogP contribution < -0.4 is 5.73 Å². The number of rotatable bonds is 5. The zero-order valence-electron chi connectivity index (χ0n) is 10.2. The van der Waals surface area contributed by atoms with E-state index in [1.807, 2.05) is 18.7 Å². The van der Waals surface area contributed by atoms with Crippen molar-refractivity contribution in [1.29, 1.82) is 0 Å². The summed E-state index contributed by atoms with van der Waals surface area (Å²) in [6.07, 6.45) is 1.24. The molecule has 2 atom stereocenters. The van der Waals surface area contributed by atoms with Crippen molar-refractivity contribution < 1.29 is 0 Å². The highest BCUT2D eigenvalue weighted by Crippen LogP contribution is 2.29. The monoisotopic (exact) mass is 301 g/mol. The number of hydrogen-bond acceptors (Lipinski definition) is 2. The van der Waals surface area contributed by atoms with E-state index in [1.54, 1.807) is 0 Å². The second-order valence-corrected chi connectivity index (χ2v) is 6.24. The smallest absolute Gasteiger partial charge is 0.0277 e. The van der Waals surface area contributed by atoms with E-state index in [-0.39, 0.29) is 6.04 Å². The Hall–Kier alpha value is 0.01000. The Morgan fingerprint density at radius 2 is 2.06 bits per heavy atom. The Balaban J connectivity index is 2.66. The van der Waals surface area contributed by atoms with Gasteiger partial charge in [-0.1, -0.05) is 42.3 Å². The molecule has 1 aromatic carbocycles. The van der Waals surface area contributed by atoms with Gasteiger partial charge >= 0.3 is 0 Å². The van der Waals surface area contributed by atoms with Crippen molar-refractivity contribution in [1.82, 2.24) is 0 Å². The van der Waals surface area contributed by atoms with Crippen LogP contribution in [0.15, 0.2) is 27.6 Å². The molecule has 0 heterocycles. The van der Waals surface area contributed by atoms with Crippen LogP contribution in [0, 0.1) is 5.92 Å². The fourth-order valence-corrected chi connectivity index (χ4v) is 3.29. The van der Waals surface area contributed by atoms with E-state index < -0.39 is 0 Å². The maximum Gasteiger partial charge on any atom is 0.0277 e. The number of hydrogen-bond donors (Lipinski definition) is 1. The van der Waals surface area contributed by atoms with Gasteiger partial charge in [0, 0.05) is 21.2 Å². The van der Waals surface area contributed by atoms with Gasteiger partial charge in [-0.3, -0.25) is 0 Å². The number of thioether (sulfide) groups is 1. The summed E-state index contributed by atoms with van der Waals surface area (Å²) in [6.45, 7) is 6.53. The van der Waals surface area contributed by atoms with Gasteiger partial charge in [0.1, 0.15) is 0 Å². The van der Waals surface area contributed by atoms with Crippen LogP contribution in [0.2, 0.25) is 0 Å². The lowest BCUT2D eigenvalue weighted by atomic mass is 10.1.